The minimum Gasteiger partial charge on any atom is -0.489 e. The minimum atomic E-state index is -5.08. The van der Waals surface area contributed by atoms with Crippen LogP contribution in [0.2, 0.25) is 5.02 Å². The van der Waals surface area contributed by atoms with Gasteiger partial charge in [-0.25, -0.2) is 14.8 Å². The third kappa shape index (κ3) is 12.8. The Hall–Kier alpha value is -3.87. The largest absolute Gasteiger partial charge is 0.490 e. The van der Waals surface area contributed by atoms with Gasteiger partial charge in [0.2, 0.25) is 5.95 Å². The summed E-state index contributed by atoms with van der Waals surface area (Å²) in [5, 5.41) is 20.8. The van der Waals surface area contributed by atoms with Crippen LogP contribution >= 0.6 is 23.2 Å². The maximum Gasteiger partial charge on any atom is 0.490 e. The maximum atomic E-state index is 10.6. The smallest absolute Gasteiger partial charge is 0.489 e. The first kappa shape index (κ1) is 44.2. The van der Waals surface area contributed by atoms with E-state index in [2.05, 4.69) is 57.0 Å². The van der Waals surface area contributed by atoms with Gasteiger partial charge in [-0.15, -0.1) is 11.6 Å². The van der Waals surface area contributed by atoms with Gasteiger partial charge >= 0.3 is 12.1 Å². The number of anilines is 1. The number of carboxylic acids is 1. The van der Waals surface area contributed by atoms with Crippen molar-refractivity contribution in [3.8, 4) is 17.6 Å². The van der Waals surface area contributed by atoms with Gasteiger partial charge in [0.05, 0.1) is 22.2 Å². The number of nitriles is 1. The summed E-state index contributed by atoms with van der Waals surface area (Å²) in [6.07, 6.45) is 2.08. The number of halogens is 5. The molecule has 0 unspecified atom stereocenters. The lowest BCUT2D eigenvalue weighted by Crippen LogP contribution is -2.49. The first-order valence-electron chi connectivity index (χ1n) is 19.5. The zero-order chi connectivity index (χ0) is 41.0. The Morgan fingerprint density at radius 1 is 0.930 bits per heavy atom. The Morgan fingerprint density at radius 2 is 1.54 bits per heavy atom. The Kier molecular flexibility index (Phi) is 16.1. The van der Waals surface area contributed by atoms with E-state index in [9.17, 15) is 18.4 Å². The third-order valence-corrected chi connectivity index (χ3v) is 11.4. The molecule has 4 heterocycles. The summed E-state index contributed by atoms with van der Waals surface area (Å²) in [6.45, 7) is 16.3. The second-order valence-electron chi connectivity index (χ2n) is 15.3. The molecule has 3 aromatic rings. The fraction of sp³-hybridized carbons (Fsp3) is 0.561. The highest BCUT2D eigenvalue weighted by Gasteiger charge is 2.38. The van der Waals surface area contributed by atoms with Gasteiger partial charge in [-0.1, -0.05) is 37.6 Å². The quantitative estimate of drug-likeness (QED) is 0.173. The molecule has 6 rings (SSSR count). The van der Waals surface area contributed by atoms with E-state index in [1.165, 1.54) is 65.0 Å². The predicted molar refractivity (Wildman–Crippen MR) is 214 cm³/mol. The van der Waals surface area contributed by atoms with Gasteiger partial charge in [0.25, 0.3) is 0 Å². The zero-order valence-electron chi connectivity index (χ0n) is 32.5. The van der Waals surface area contributed by atoms with Crippen molar-refractivity contribution in [1.29, 1.82) is 5.26 Å². The molecule has 0 aliphatic carbocycles. The van der Waals surface area contributed by atoms with Crippen molar-refractivity contribution in [3.05, 3.63) is 76.1 Å². The van der Waals surface area contributed by atoms with Gasteiger partial charge < -0.3 is 29.7 Å². The highest BCUT2D eigenvalue weighted by Crippen LogP contribution is 2.38. The molecule has 310 valence electrons. The normalized spacial score (nSPS) is 17.7. The molecule has 0 amide bonds. The molecule has 3 saturated heterocycles. The number of hydrogen-bond acceptors (Lipinski definition) is 10. The molecule has 2 N–H and O–H groups in total. The van der Waals surface area contributed by atoms with Crippen molar-refractivity contribution in [3.63, 3.8) is 0 Å². The monoisotopic (exact) mass is 833 g/mol. The number of likely N-dealkylation sites (tertiary alicyclic amines) is 1. The molecule has 3 aliphatic heterocycles. The van der Waals surface area contributed by atoms with Gasteiger partial charge in [0, 0.05) is 50.9 Å². The van der Waals surface area contributed by atoms with Crippen LogP contribution in [0, 0.1) is 23.2 Å². The third-order valence-electron chi connectivity index (χ3n) is 11.0. The van der Waals surface area contributed by atoms with Crippen LogP contribution in [0.15, 0.2) is 48.7 Å². The summed E-state index contributed by atoms with van der Waals surface area (Å²) in [6, 6.07) is 15.9. The molecular formula is C41H52Cl2F3N7O4. The second kappa shape index (κ2) is 20.7. The summed E-state index contributed by atoms with van der Waals surface area (Å²) in [5.74, 6) is 1.17. The molecular weight excluding hydrogens is 782 g/mol. The van der Waals surface area contributed by atoms with Gasteiger partial charge in [-0.3, -0.25) is 4.90 Å². The number of piperazine rings is 1. The van der Waals surface area contributed by atoms with Crippen LogP contribution in [0.3, 0.4) is 0 Å². The topological polar surface area (TPSA) is 127 Å². The van der Waals surface area contributed by atoms with Crippen LogP contribution in [-0.4, -0.2) is 115 Å². The lowest BCUT2D eigenvalue weighted by molar-refractivity contribution is -0.192. The maximum absolute atomic E-state index is 10.6. The molecule has 0 saturated carbocycles. The Balaban J connectivity index is 0.000000811. The number of aliphatic carboxylic acids is 1. The molecule has 3 aliphatic rings. The fourth-order valence-corrected chi connectivity index (χ4v) is 7.86. The van der Waals surface area contributed by atoms with Gasteiger partial charge in [-0.05, 0) is 105 Å². The first-order valence-corrected chi connectivity index (χ1v) is 20.4. The molecule has 1 aromatic heterocycles. The van der Waals surface area contributed by atoms with Crippen molar-refractivity contribution < 1.29 is 32.5 Å². The number of nitrogens with zero attached hydrogens (tertiary/aromatic N) is 6. The van der Waals surface area contributed by atoms with Crippen molar-refractivity contribution in [2.75, 3.05) is 82.8 Å². The molecule has 3 fully saturated rings. The number of carboxylic acid groups (broad SMARTS) is 1. The van der Waals surface area contributed by atoms with Crippen LogP contribution in [-0.2, 0) is 16.8 Å². The Morgan fingerprint density at radius 3 is 2.14 bits per heavy atom. The summed E-state index contributed by atoms with van der Waals surface area (Å²) in [4.78, 5) is 26.0. The van der Waals surface area contributed by atoms with Gasteiger partial charge in [-0.2, -0.15) is 18.4 Å². The van der Waals surface area contributed by atoms with E-state index in [1.54, 1.807) is 0 Å². The van der Waals surface area contributed by atoms with Crippen molar-refractivity contribution in [2.24, 2.45) is 11.8 Å². The van der Waals surface area contributed by atoms with E-state index in [4.69, 9.17) is 47.6 Å². The molecule has 0 atom stereocenters. The number of nitrogens with one attached hydrogen (secondary N) is 1. The number of rotatable bonds is 13. The van der Waals surface area contributed by atoms with Crippen LogP contribution in [0.1, 0.15) is 61.9 Å². The molecule has 2 aromatic carbocycles. The van der Waals surface area contributed by atoms with Gasteiger partial charge in [0.15, 0.2) is 5.75 Å². The van der Waals surface area contributed by atoms with E-state index >= 15 is 0 Å². The average Bonchev–Trinajstić information content (AvgIpc) is 3.21. The molecule has 0 bridgehead atoms. The number of piperidine rings is 2. The SMILES string of the molecule is CC(C)(c1ccc(OCc2ccnc(N3CCN(CC4CCN(CC5CCNCC5)CC4)CC3)n2)cc1)c1cc(Cl)c(OCCCl)c(C#N)c1.O=C(O)C(F)(F)F. The van der Waals surface area contributed by atoms with Crippen molar-refractivity contribution >= 4 is 35.1 Å². The first-order chi connectivity index (χ1) is 27.3. The molecule has 16 heteroatoms. The van der Waals surface area contributed by atoms with Crippen LogP contribution in [0.5, 0.6) is 11.5 Å². The zero-order valence-corrected chi connectivity index (χ0v) is 34.1. The van der Waals surface area contributed by atoms with Gasteiger partial charge in [0.1, 0.15) is 25.0 Å². The van der Waals surface area contributed by atoms with Crippen LogP contribution < -0.4 is 19.7 Å². The van der Waals surface area contributed by atoms with E-state index in [-0.39, 0.29) is 6.61 Å². The van der Waals surface area contributed by atoms with Crippen molar-refractivity contribution in [1.82, 2.24) is 25.1 Å². The molecule has 57 heavy (non-hydrogen) atoms. The van der Waals surface area contributed by atoms with Crippen LogP contribution in [0.25, 0.3) is 0 Å². The van der Waals surface area contributed by atoms with Crippen molar-refractivity contribution in [2.45, 2.75) is 57.7 Å². The van der Waals surface area contributed by atoms with Crippen LogP contribution in [0.4, 0.5) is 19.1 Å². The Labute approximate surface area is 343 Å². The summed E-state index contributed by atoms with van der Waals surface area (Å²) in [7, 11) is 0. The van der Waals surface area contributed by atoms with E-state index in [1.807, 2.05) is 36.5 Å². The average molecular weight is 835 g/mol. The van der Waals surface area contributed by atoms with E-state index in [0.717, 1.165) is 66.5 Å². The standard InChI is InChI=1S/C39H51Cl2N7O2.C2HF3O2/c1-39(2,33-23-31(25-42)37(36(41)24-33)49-22-12-40)32-3-5-35(6-4-32)50-28-34-9-15-44-38(45-34)48-20-18-47(19-21-48)27-30-10-16-46(17-11-30)26-29-7-13-43-14-8-29;3-2(4,5)1(6)7/h3-6,9,15,23-24,29-30,43H,7-8,10-14,16-22,26-28H2,1-2H3;(H,6,7). The lowest BCUT2D eigenvalue weighted by atomic mass is 9.77. The Bertz CT molecular complexity index is 1790. The number of carbonyl (C=O) groups is 1. The number of ether oxygens (including phenoxy) is 2. The minimum absolute atomic E-state index is 0.284. The number of hydrogen-bond donors (Lipinski definition) is 2. The number of benzene rings is 2. The highest BCUT2D eigenvalue weighted by molar-refractivity contribution is 6.32. The van der Waals surface area contributed by atoms with E-state index < -0.39 is 17.6 Å². The molecule has 0 spiro atoms. The highest BCUT2D eigenvalue weighted by atomic mass is 35.5. The summed E-state index contributed by atoms with van der Waals surface area (Å²) >= 11 is 12.3. The number of aromatic nitrogens is 2. The predicted octanol–water partition coefficient (Wildman–Crippen LogP) is 6.99. The number of alkyl halides is 4. The summed E-state index contributed by atoms with van der Waals surface area (Å²) < 4.78 is 43.5. The lowest BCUT2D eigenvalue weighted by Gasteiger charge is -2.39. The fourth-order valence-electron chi connectivity index (χ4n) is 7.51. The summed E-state index contributed by atoms with van der Waals surface area (Å²) in [5.41, 5.74) is 2.83. The second-order valence-corrected chi connectivity index (χ2v) is 16.1. The molecule has 0 radical (unpaired) electrons. The molecule has 11 nitrogen and oxygen atoms in total. The van der Waals surface area contributed by atoms with E-state index in [0.29, 0.717) is 28.8 Å².